The van der Waals surface area contributed by atoms with Crippen LogP contribution < -0.4 is 4.74 Å². The first-order valence-corrected chi connectivity index (χ1v) is 7.87. The Morgan fingerprint density at radius 3 is 2.75 bits per heavy atom. The van der Waals surface area contributed by atoms with E-state index in [2.05, 4.69) is 25.1 Å². The van der Waals surface area contributed by atoms with Crippen LogP contribution in [0.25, 0.3) is 32.9 Å². The smallest absolute Gasteiger partial charge is 0.269 e. The Labute approximate surface area is 141 Å². The maximum atomic E-state index is 5.34. The molecule has 0 aliphatic heterocycles. The van der Waals surface area contributed by atoms with Gasteiger partial charge in [0, 0.05) is 24.0 Å². The molecule has 0 atom stereocenters. The molecule has 0 radical (unpaired) electrons. The molecule has 4 aromatic heterocycles. The van der Waals surface area contributed by atoms with Gasteiger partial charge in [0.2, 0.25) is 11.7 Å². The van der Waals surface area contributed by atoms with Crippen LogP contribution in [-0.2, 0) is 0 Å². The van der Waals surface area contributed by atoms with Crippen LogP contribution in [0.5, 0.6) is 5.88 Å². The second-order valence-electron chi connectivity index (χ2n) is 4.76. The number of thiazole rings is 1. The third kappa shape index (κ3) is 2.74. The van der Waals surface area contributed by atoms with E-state index in [0.29, 0.717) is 17.6 Å². The van der Waals surface area contributed by atoms with E-state index in [4.69, 9.17) is 9.26 Å². The third-order valence-electron chi connectivity index (χ3n) is 3.23. The summed E-state index contributed by atoms with van der Waals surface area (Å²) in [6.45, 7) is 0. The standard InChI is InChI=1S/C16H11N5O2S/c1-22-13-6-5-10(8-18-13)14-20-15(23-21-14)12-9-19-16(24-12)11-4-2-3-7-17-11/h2-9H,1H3. The minimum Gasteiger partial charge on any atom is -0.481 e. The van der Waals surface area contributed by atoms with Crippen molar-refractivity contribution in [3.05, 3.63) is 48.9 Å². The molecule has 8 heteroatoms. The zero-order chi connectivity index (χ0) is 16.4. The lowest BCUT2D eigenvalue weighted by Gasteiger charge is -1.97. The summed E-state index contributed by atoms with van der Waals surface area (Å²) in [7, 11) is 1.57. The van der Waals surface area contributed by atoms with Gasteiger partial charge in [0.05, 0.1) is 19.0 Å². The number of hydrogen-bond acceptors (Lipinski definition) is 8. The fourth-order valence-corrected chi connectivity index (χ4v) is 2.87. The van der Waals surface area contributed by atoms with Gasteiger partial charge in [-0.2, -0.15) is 4.98 Å². The van der Waals surface area contributed by atoms with Crippen LogP contribution in [0.2, 0.25) is 0 Å². The largest absolute Gasteiger partial charge is 0.481 e. The van der Waals surface area contributed by atoms with Crippen molar-refractivity contribution < 1.29 is 9.26 Å². The van der Waals surface area contributed by atoms with Crippen LogP contribution in [0, 0.1) is 0 Å². The van der Waals surface area contributed by atoms with Crippen LogP contribution in [0.1, 0.15) is 0 Å². The lowest BCUT2D eigenvalue weighted by atomic mass is 10.3. The van der Waals surface area contributed by atoms with Crippen molar-refractivity contribution in [3.8, 4) is 38.7 Å². The van der Waals surface area contributed by atoms with Crippen molar-refractivity contribution in [1.82, 2.24) is 25.1 Å². The average Bonchev–Trinajstić information content (AvgIpc) is 3.32. The van der Waals surface area contributed by atoms with E-state index in [1.807, 2.05) is 24.3 Å². The highest BCUT2D eigenvalue weighted by Crippen LogP contribution is 2.31. The van der Waals surface area contributed by atoms with Gasteiger partial charge in [-0.25, -0.2) is 9.97 Å². The van der Waals surface area contributed by atoms with Crippen molar-refractivity contribution in [2.24, 2.45) is 0 Å². The number of aromatic nitrogens is 5. The lowest BCUT2D eigenvalue weighted by molar-refractivity contribution is 0.398. The number of rotatable bonds is 4. The van der Waals surface area contributed by atoms with Crippen LogP contribution in [0.15, 0.2) is 53.4 Å². The Kier molecular flexibility index (Phi) is 3.72. The average molecular weight is 337 g/mol. The van der Waals surface area contributed by atoms with Crippen LogP contribution in [-0.4, -0.2) is 32.2 Å². The summed E-state index contributed by atoms with van der Waals surface area (Å²) in [5.41, 5.74) is 1.56. The molecular weight excluding hydrogens is 326 g/mol. The fourth-order valence-electron chi connectivity index (χ4n) is 2.05. The van der Waals surface area contributed by atoms with Gasteiger partial charge in [-0.15, -0.1) is 11.3 Å². The summed E-state index contributed by atoms with van der Waals surface area (Å²) in [5.74, 6) is 1.42. The van der Waals surface area contributed by atoms with Crippen molar-refractivity contribution in [3.63, 3.8) is 0 Å². The Morgan fingerprint density at radius 2 is 2.00 bits per heavy atom. The van der Waals surface area contributed by atoms with Gasteiger partial charge in [-0.3, -0.25) is 4.98 Å². The minimum atomic E-state index is 0.417. The number of hydrogen-bond donors (Lipinski definition) is 0. The molecule has 0 amide bonds. The molecule has 4 aromatic rings. The molecule has 24 heavy (non-hydrogen) atoms. The molecule has 4 heterocycles. The Balaban J connectivity index is 1.62. The van der Waals surface area contributed by atoms with Crippen molar-refractivity contribution in [1.29, 1.82) is 0 Å². The maximum absolute atomic E-state index is 5.34. The summed E-state index contributed by atoms with van der Waals surface area (Å²) in [6, 6.07) is 9.27. The third-order valence-corrected chi connectivity index (χ3v) is 4.24. The predicted octanol–water partition coefficient (Wildman–Crippen LogP) is 3.33. The highest BCUT2D eigenvalue weighted by atomic mass is 32.1. The zero-order valence-corrected chi connectivity index (χ0v) is 13.4. The predicted molar refractivity (Wildman–Crippen MR) is 88.4 cm³/mol. The van der Waals surface area contributed by atoms with E-state index in [9.17, 15) is 0 Å². The number of pyridine rings is 2. The maximum Gasteiger partial charge on any atom is 0.269 e. The van der Waals surface area contributed by atoms with Gasteiger partial charge in [-0.1, -0.05) is 11.2 Å². The molecule has 4 rings (SSSR count). The summed E-state index contributed by atoms with van der Waals surface area (Å²) in [6.07, 6.45) is 5.08. The molecule has 0 bridgehead atoms. The first-order chi connectivity index (χ1) is 11.8. The molecule has 0 aliphatic carbocycles. The SMILES string of the molecule is COc1ccc(-c2noc(-c3cnc(-c4ccccn4)s3)n2)cn1. The summed E-state index contributed by atoms with van der Waals surface area (Å²) in [5, 5.41) is 4.80. The quantitative estimate of drug-likeness (QED) is 0.564. The molecule has 0 unspecified atom stereocenters. The number of nitrogens with zero attached hydrogens (tertiary/aromatic N) is 5. The second-order valence-corrected chi connectivity index (χ2v) is 5.79. The monoisotopic (exact) mass is 337 g/mol. The van der Waals surface area contributed by atoms with Crippen LogP contribution in [0.3, 0.4) is 0 Å². The Bertz CT molecular complexity index is 950. The lowest BCUT2D eigenvalue weighted by Crippen LogP contribution is -1.88. The highest BCUT2D eigenvalue weighted by molar-refractivity contribution is 7.18. The molecule has 0 saturated heterocycles. The number of methoxy groups -OCH3 is 1. The Morgan fingerprint density at radius 1 is 1.04 bits per heavy atom. The Hall–Kier alpha value is -3.13. The van der Waals surface area contributed by atoms with E-state index < -0.39 is 0 Å². The molecule has 0 fully saturated rings. The molecular formula is C16H11N5O2S. The summed E-state index contributed by atoms with van der Waals surface area (Å²) >= 11 is 1.45. The molecule has 0 aromatic carbocycles. The van der Waals surface area contributed by atoms with E-state index in [1.54, 1.807) is 31.8 Å². The van der Waals surface area contributed by atoms with Crippen molar-refractivity contribution in [2.45, 2.75) is 0 Å². The van der Waals surface area contributed by atoms with Gasteiger partial charge in [0.15, 0.2) is 0 Å². The first-order valence-electron chi connectivity index (χ1n) is 7.05. The van der Waals surface area contributed by atoms with Crippen molar-refractivity contribution >= 4 is 11.3 Å². The normalized spacial score (nSPS) is 10.7. The zero-order valence-electron chi connectivity index (χ0n) is 12.6. The van der Waals surface area contributed by atoms with Crippen LogP contribution in [0.4, 0.5) is 0 Å². The molecule has 7 nitrogen and oxygen atoms in total. The molecule has 0 spiro atoms. The fraction of sp³-hybridized carbons (Fsp3) is 0.0625. The van der Waals surface area contributed by atoms with Gasteiger partial charge in [-0.05, 0) is 18.2 Å². The highest BCUT2D eigenvalue weighted by Gasteiger charge is 2.15. The van der Waals surface area contributed by atoms with Gasteiger partial charge >= 0.3 is 0 Å². The van der Waals surface area contributed by atoms with Gasteiger partial charge in [0.1, 0.15) is 9.88 Å². The molecule has 118 valence electrons. The summed E-state index contributed by atoms with van der Waals surface area (Å²) in [4.78, 5) is 18.0. The van der Waals surface area contributed by atoms with E-state index in [1.165, 1.54) is 11.3 Å². The molecule has 0 aliphatic rings. The number of ether oxygens (including phenoxy) is 1. The molecule has 0 N–H and O–H groups in total. The van der Waals surface area contributed by atoms with E-state index >= 15 is 0 Å². The van der Waals surface area contributed by atoms with Crippen LogP contribution >= 0.6 is 11.3 Å². The topological polar surface area (TPSA) is 86.8 Å². The summed E-state index contributed by atoms with van der Waals surface area (Å²) < 4.78 is 10.4. The van der Waals surface area contributed by atoms with Gasteiger partial charge in [0.25, 0.3) is 5.89 Å². The second kappa shape index (κ2) is 6.17. The van der Waals surface area contributed by atoms with E-state index in [-0.39, 0.29) is 0 Å². The molecule has 0 saturated carbocycles. The first kappa shape index (κ1) is 14.5. The van der Waals surface area contributed by atoms with Gasteiger partial charge < -0.3 is 9.26 Å². The van der Waals surface area contributed by atoms with Crippen molar-refractivity contribution in [2.75, 3.05) is 7.11 Å². The minimum absolute atomic E-state index is 0.417. The van der Waals surface area contributed by atoms with E-state index in [0.717, 1.165) is 21.1 Å².